The van der Waals surface area contributed by atoms with Crippen LogP contribution in [-0.2, 0) is 12.0 Å². The van der Waals surface area contributed by atoms with E-state index >= 15 is 0 Å². The molecule has 0 atom stereocenters. The molecule has 0 bridgehead atoms. The third-order valence-corrected chi connectivity index (χ3v) is 3.23. The highest BCUT2D eigenvalue weighted by atomic mass is 16.5. The number of fused-ring (bicyclic) bond motifs is 1. The summed E-state index contributed by atoms with van der Waals surface area (Å²) < 4.78 is 5.73. The van der Waals surface area contributed by atoms with Crippen LogP contribution < -0.4 is 4.74 Å². The Morgan fingerprint density at radius 3 is 2.65 bits per heavy atom. The number of benzene rings is 1. The fourth-order valence-corrected chi connectivity index (χ4v) is 2.12. The van der Waals surface area contributed by atoms with E-state index in [-0.39, 0.29) is 5.41 Å². The lowest BCUT2D eigenvalue weighted by Crippen LogP contribution is -2.31. The van der Waals surface area contributed by atoms with Gasteiger partial charge in [0.25, 0.3) is 0 Å². The Bertz CT molecular complexity index is 421. The zero-order chi connectivity index (χ0) is 12.6. The van der Waals surface area contributed by atoms with Crippen molar-refractivity contribution in [3.05, 3.63) is 23.3 Å². The Morgan fingerprint density at radius 2 is 2.06 bits per heavy atom. The van der Waals surface area contributed by atoms with Gasteiger partial charge in [-0.05, 0) is 24.1 Å². The smallest absolute Gasteiger partial charge is 0.142 e. The highest BCUT2D eigenvalue weighted by molar-refractivity contribution is 5.49. The molecule has 3 nitrogen and oxygen atoms in total. The highest BCUT2D eigenvalue weighted by Gasteiger charge is 2.23. The molecule has 0 unspecified atom stereocenters. The first kappa shape index (κ1) is 12.2. The number of phenolic OH excluding ortho intramolecular Hbond substituents is 1. The second-order valence-corrected chi connectivity index (χ2v) is 5.65. The standard InChI is InChI=1S/C14H21NO2/c1-5-15-8-10-6-12(16)11(14(2,3)4)7-13(10)17-9-15/h6-7,16H,5,8-9H2,1-4H3. The molecular weight excluding hydrogens is 214 g/mol. The van der Waals surface area contributed by atoms with Gasteiger partial charge in [0, 0.05) is 17.7 Å². The predicted octanol–water partition coefficient (Wildman–Crippen LogP) is 2.86. The summed E-state index contributed by atoms with van der Waals surface area (Å²) in [5.41, 5.74) is 1.95. The van der Waals surface area contributed by atoms with Crippen molar-refractivity contribution < 1.29 is 9.84 Å². The molecule has 0 fully saturated rings. The second kappa shape index (κ2) is 4.22. The Morgan fingerprint density at radius 1 is 1.35 bits per heavy atom. The molecule has 2 rings (SSSR count). The van der Waals surface area contributed by atoms with E-state index in [4.69, 9.17) is 4.74 Å². The van der Waals surface area contributed by atoms with Gasteiger partial charge >= 0.3 is 0 Å². The molecule has 1 aliphatic heterocycles. The summed E-state index contributed by atoms with van der Waals surface area (Å²) >= 11 is 0. The summed E-state index contributed by atoms with van der Waals surface area (Å²) in [5.74, 6) is 1.29. The topological polar surface area (TPSA) is 32.7 Å². The van der Waals surface area contributed by atoms with Gasteiger partial charge in [-0.25, -0.2) is 0 Å². The van der Waals surface area contributed by atoms with E-state index in [1.54, 1.807) is 0 Å². The number of ether oxygens (including phenoxy) is 1. The van der Waals surface area contributed by atoms with Gasteiger partial charge in [0.15, 0.2) is 0 Å². The number of rotatable bonds is 1. The lowest BCUT2D eigenvalue weighted by atomic mass is 9.85. The van der Waals surface area contributed by atoms with Crippen LogP contribution in [0.25, 0.3) is 0 Å². The molecule has 0 saturated heterocycles. The molecule has 1 aromatic carbocycles. The fraction of sp³-hybridized carbons (Fsp3) is 0.571. The molecule has 0 saturated carbocycles. The number of phenols is 1. The van der Waals surface area contributed by atoms with Crippen molar-refractivity contribution in [3.63, 3.8) is 0 Å². The average molecular weight is 235 g/mol. The summed E-state index contributed by atoms with van der Waals surface area (Å²) in [4.78, 5) is 2.19. The quantitative estimate of drug-likeness (QED) is 0.812. The predicted molar refractivity (Wildman–Crippen MR) is 68.4 cm³/mol. The molecule has 17 heavy (non-hydrogen) atoms. The molecular formula is C14H21NO2. The van der Waals surface area contributed by atoms with Crippen molar-refractivity contribution in [1.29, 1.82) is 0 Å². The third kappa shape index (κ3) is 2.39. The van der Waals surface area contributed by atoms with Crippen LogP contribution in [0.4, 0.5) is 0 Å². The fourth-order valence-electron chi connectivity index (χ4n) is 2.12. The molecule has 0 aromatic heterocycles. The average Bonchev–Trinajstić information content (AvgIpc) is 2.25. The van der Waals surface area contributed by atoms with Crippen LogP contribution in [0.5, 0.6) is 11.5 Å². The highest BCUT2D eigenvalue weighted by Crippen LogP contribution is 2.37. The molecule has 0 spiro atoms. The van der Waals surface area contributed by atoms with E-state index < -0.39 is 0 Å². The first-order valence-corrected chi connectivity index (χ1v) is 6.13. The van der Waals surface area contributed by atoms with Crippen LogP contribution in [0, 0.1) is 0 Å². The number of hydrogen-bond donors (Lipinski definition) is 1. The van der Waals surface area contributed by atoms with E-state index in [1.165, 1.54) is 0 Å². The SMILES string of the molecule is CCN1COc2cc(C(C)(C)C)c(O)cc2C1. The minimum Gasteiger partial charge on any atom is -0.508 e. The zero-order valence-electron chi connectivity index (χ0n) is 11.1. The van der Waals surface area contributed by atoms with Crippen LogP contribution >= 0.6 is 0 Å². The summed E-state index contributed by atoms with van der Waals surface area (Å²) in [6, 6.07) is 3.83. The molecule has 94 valence electrons. The van der Waals surface area contributed by atoms with Gasteiger partial charge in [0.05, 0.1) is 0 Å². The minimum atomic E-state index is -0.0651. The van der Waals surface area contributed by atoms with Crippen molar-refractivity contribution in [3.8, 4) is 11.5 Å². The van der Waals surface area contributed by atoms with E-state index in [9.17, 15) is 5.11 Å². The van der Waals surface area contributed by atoms with Crippen molar-refractivity contribution in [2.75, 3.05) is 13.3 Å². The Hall–Kier alpha value is -1.22. The number of hydrogen-bond acceptors (Lipinski definition) is 3. The molecule has 0 amide bonds. The largest absolute Gasteiger partial charge is 0.508 e. The van der Waals surface area contributed by atoms with Crippen molar-refractivity contribution in [2.45, 2.75) is 39.7 Å². The lowest BCUT2D eigenvalue weighted by molar-refractivity contribution is 0.100. The first-order chi connectivity index (χ1) is 7.91. The van der Waals surface area contributed by atoms with Gasteiger partial charge in [0.2, 0.25) is 0 Å². The third-order valence-electron chi connectivity index (χ3n) is 3.23. The first-order valence-electron chi connectivity index (χ1n) is 6.13. The van der Waals surface area contributed by atoms with E-state index in [0.717, 1.165) is 30.0 Å². The van der Waals surface area contributed by atoms with Crippen LogP contribution in [-0.4, -0.2) is 23.3 Å². The molecule has 0 aliphatic carbocycles. The number of aromatic hydroxyl groups is 1. The van der Waals surface area contributed by atoms with Crippen molar-refractivity contribution in [2.24, 2.45) is 0 Å². The van der Waals surface area contributed by atoms with Gasteiger partial charge in [0.1, 0.15) is 18.2 Å². The Labute approximate surface area is 103 Å². The molecule has 1 aromatic rings. The lowest BCUT2D eigenvalue weighted by Gasteiger charge is -2.30. The van der Waals surface area contributed by atoms with Crippen LogP contribution in [0.15, 0.2) is 12.1 Å². The number of nitrogens with zero attached hydrogens (tertiary/aromatic N) is 1. The zero-order valence-corrected chi connectivity index (χ0v) is 11.1. The maximum absolute atomic E-state index is 10.1. The van der Waals surface area contributed by atoms with E-state index in [1.807, 2.05) is 12.1 Å². The van der Waals surface area contributed by atoms with Crippen molar-refractivity contribution in [1.82, 2.24) is 4.90 Å². The van der Waals surface area contributed by atoms with Gasteiger partial charge in [-0.15, -0.1) is 0 Å². The summed E-state index contributed by atoms with van der Waals surface area (Å²) in [6.07, 6.45) is 0. The van der Waals surface area contributed by atoms with Gasteiger partial charge in [-0.3, -0.25) is 4.90 Å². The second-order valence-electron chi connectivity index (χ2n) is 5.65. The Kier molecular flexibility index (Phi) is 3.04. The molecule has 0 radical (unpaired) electrons. The van der Waals surface area contributed by atoms with Crippen molar-refractivity contribution >= 4 is 0 Å². The monoisotopic (exact) mass is 235 g/mol. The minimum absolute atomic E-state index is 0.0651. The van der Waals surface area contributed by atoms with Gasteiger partial charge in [-0.2, -0.15) is 0 Å². The molecule has 1 aliphatic rings. The summed E-state index contributed by atoms with van der Waals surface area (Å²) in [6.45, 7) is 10.8. The maximum atomic E-state index is 10.1. The maximum Gasteiger partial charge on any atom is 0.142 e. The molecule has 1 heterocycles. The normalized spacial score (nSPS) is 16.5. The van der Waals surface area contributed by atoms with Gasteiger partial charge in [-0.1, -0.05) is 27.7 Å². The van der Waals surface area contributed by atoms with Gasteiger partial charge < -0.3 is 9.84 Å². The Balaban J connectivity index is 2.39. The molecule has 1 N–H and O–H groups in total. The van der Waals surface area contributed by atoms with E-state index in [2.05, 4.69) is 32.6 Å². The van der Waals surface area contributed by atoms with Crippen LogP contribution in [0.3, 0.4) is 0 Å². The van der Waals surface area contributed by atoms with Crippen LogP contribution in [0.2, 0.25) is 0 Å². The van der Waals surface area contributed by atoms with E-state index in [0.29, 0.717) is 12.5 Å². The summed E-state index contributed by atoms with van der Waals surface area (Å²) in [5, 5.41) is 10.1. The molecule has 3 heteroatoms. The van der Waals surface area contributed by atoms with Crippen LogP contribution in [0.1, 0.15) is 38.8 Å². The summed E-state index contributed by atoms with van der Waals surface area (Å²) in [7, 11) is 0.